The van der Waals surface area contributed by atoms with Gasteiger partial charge in [0.15, 0.2) is 13.2 Å². The van der Waals surface area contributed by atoms with Crippen molar-refractivity contribution in [2.24, 2.45) is 0 Å². The molecule has 2 aromatic rings. The minimum Gasteiger partial charge on any atom is -0.482 e. The number of rotatable bonds is 7. The first-order valence-electron chi connectivity index (χ1n) is 7.08. The molecule has 2 aromatic carbocycles. The number of nitro benzene ring substituents is 1. The molecule has 0 heterocycles. The molecule has 0 aliphatic carbocycles. The average Bonchev–Trinajstić information content (AvgIpc) is 2.59. The molecule has 0 saturated heterocycles. The van der Waals surface area contributed by atoms with Crippen LogP contribution in [0.3, 0.4) is 0 Å². The standard InChI is InChI=1S/C17H15NO6/c1-12-5-7-15(8-6-12)23-11-17(20)24-10-16(19)13-3-2-4-14(9-13)18(21)22/h2-9H,10-11H2,1H3. The van der Waals surface area contributed by atoms with E-state index in [1.54, 1.807) is 12.1 Å². The lowest BCUT2D eigenvalue weighted by Gasteiger charge is -2.07. The van der Waals surface area contributed by atoms with E-state index in [1.165, 1.54) is 18.2 Å². The third-order valence-corrected chi connectivity index (χ3v) is 3.12. The maximum absolute atomic E-state index is 11.9. The zero-order valence-electron chi connectivity index (χ0n) is 12.9. The summed E-state index contributed by atoms with van der Waals surface area (Å²) in [4.78, 5) is 33.6. The quantitative estimate of drug-likeness (QED) is 0.335. The summed E-state index contributed by atoms with van der Waals surface area (Å²) >= 11 is 0. The lowest BCUT2D eigenvalue weighted by atomic mass is 10.1. The van der Waals surface area contributed by atoms with Gasteiger partial charge in [0, 0.05) is 17.7 Å². The minimum absolute atomic E-state index is 0.108. The molecule has 7 nitrogen and oxygen atoms in total. The van der Waals surface area contributed by atoms with Gasteiger partial charge in [0.2, 0.25) is 5.78 Å². The highest BCUT2D eigenvalue weighted by atomic mass is 16.6. The van der Waals surface area contributed by atoms with E-state index in [0.717, 1.165) is 11.6 Å². The monoisotopic (exact) mass is 329 g/mol. The lowest BCUT2D eigenvalue weighted by molar-refractivity contribution is -0.384. The van der Waals surface area contributed by atoms with E-state index in [-0.39, 0.29) is 17.9 Å². The van der Waals surface area contributed by atoms with E-state index >= 15 is 0 Å². The number of Topliss-reactive ketones (excluding diaryl/α,β-unsaturated/α-hetero) is 1. The van der Waals surface area contributed by atoms with Crippen LogP contribution in [0, 0.1) is 17.0 Å². The second-order valence-electron chi connectivity index (χ2n) is 4.99. The van der Waals surface area contributed by atoms with Crippen molar-refractivity contribution >= 4 is 17.4 Å². The number of carbonyl (C=O) groups excluding carboxylic acids is 2. The van der Waals surface area contributed by atoms with Crippen LogP contribution in [0.5, 0.6) is 5.75 Å². The van der Waals surface area contributed by atoms with Crippen LogP contribution in [0.4, 0.5) is 5.69 Å². The predicted molar refractivity (Wildman–Crippen MR) is 85.1 cm³/mol. The Morgan fingerprint density at radius 3 is 2.46 bits per heavy atom. The first-order valence-corrected chi connectivity index (χ1v) is 7.08. The number of esters is 1. The number of hydrogen-bond donors (Lipinski definition) is 0. The fraction of sp³-hybridized carbons (Fsp3) is 0.176. The number of hydrogen-bond acceptors (Lipinski definition) is 6. The summed E-state index contributed by atoms with van der Waals surface area (Å²) in [5.41, 5.74) is 0.971. The summed E-state index contributed by atoms with van der Waals surface area (Å²) in [6.07, 6.45) is 0. The second kappa shape index (κ2) is 7.87. The van der Waals surface area contributed by atoms with Gasteiger partial charge < -0.3 is 9.47 Å². The van der Waals surface area contributed by atoms with Crippen molar-refractivity contribution in [3.8, 4) is 5.75 Å². The van der Waals surface area contributed by atoms with Crippen molar-refractivity contribution in [3.05, 3.63) is 69.8 Å². The molecule has 0 N–H and O–H groups in total. The van der Waals surface area contributed by atoms with Crippen molar-refractivity contribution in [2.45, 2.75) is 6.92 Å². The van der Waals surface area contributed by atoms with E-state index in [1.807, 2.05) is 19.1 Å². The average molecular weight is 329 g/mol. The molecule has 0 bridgehead atoms. The maximum atomic E-state index is 11.9. The van der Waals surface area contributed by atoms with Crippen LogP contribution in [0.15, 0.2) is 48.5 Å². The molecule has 0 amide bonds. The van der Waals surface area contributed by atoms with Gasteiger partial charge in [-0.25, -0.2) is 4.79 Å². The molecule has 7 heteroatoms. The van der Waals surface area contributed by atoms with Crippen LogP contribution in [-0.2, 0) is 9.53 Å². The largest absolute Gasteiger partial charge is 0.482 e. The van der Waals surface area contributed by atoms with Crippen molar-refractivity contribution in [1.29, 1.82) is 0 Å². The molecular weight excluding hydrogens is 314 g/mol. The highest BCUT2D eigenvalue weighted by Gasteiger charge is 2.14. The van der Waals surface area contributed by atoms with Crippen molar-refractivity contribution in [3.63, 3.8) is 0 Å². The fourth-order valence-electron chi connectivity index (χ4n) is 1.84. The molecule has 0 spiro atoms. The molecule has 24 heavy (non-hydrogen) atoms. The first-order chi connectivity index (χ1) is 11.5. The van der Waals surface area contributed by atoms with Crippen LogP contribution in [0.25, 0.3) is 0 Å². The number of non-ortho nitro benzene ring substituents is 1. The molecule has 2 rings (SSSR count). The second-order valence-corrected chi connectivity index (χ2v) is 4.99. The van der Waals surface area contributed by atoms with Gasteiger partial charge in [-0.15, -0.1) is 0 Å². The number of ketones is 1. The summed E-state index contributed by atoms with van der Waals surface area (Å²) in [5.74, 6) is -0.709. The molecule has 0 atom stereocenters. The summed E-state index contributed by atoms with van der Waals surface area (Å²) in [5, 5.41) is 10.7. The van der Waals surface area contributed by atoms with Gasteiger partial charge >= 0.3 is 5.97 Å². The van der Waals surface area contributed by atoms with E-state index in [4.69, 9.17) is 9.47 Å². The van der Waals surface area contributed by atoms with Crippen LogP contribution in [0.1, 0.15) is 15.9 Å². The van der Waals surface area contributed by atoms with Gasteiger partial charge in [0.1, 0.15) is 5.75 Å². The van der Waals surface area contributed by atoms with E-state index in [2.05, 4.69) is 0 Å². The summed E-state index contributed by atoms with van der Waals surface area (Å²) in [7, 11) is 0. The zero-order valence-corrected chi connectivity index (χ0v) is 12.9. The zero-order chi connectivity index (χ0) is 17.5. The number of carbonyl (C=O) groups is 2. The number of aryl methyl sites for hydroxylation is 1. The third kappa shape index (κ3) is 4.91. The fourth-order valence-corrected chi connectivity index (χ4v) is 1.84. The van der Waals surface area contributed by atoms with Crippen molar-refractivity contribution in [1.82, 2.24) is 0 Å². The molecule has 0 fully saturated rings. The highest BCUT2D eigenvalue weighted by molar-refractivity contribution is 5.98. The maximum Gasteiger partial charge on any atom is 0.344 e. The summed E-state index contributed by atoms with van der Waals surface area (Å²) in [6.45, 7) is 1.10. The highest BCUT2D eigenvalue weighted by Crippen LogP contribution is 2.14. The third-order valence-electron chi connectivity index (χ3n) is 3.12. The molecule has 124 valence electrons. The smallest absolute Gasteiger partial charge is 0.344 e. The summed E-state index contributed by atoms with van der Waals surface area (Å²) in [6, 6.07) is 12.4. The van der Waals surface area contributed by atoms with E-state index < -0.39 is 23.3 Å². The Kier molecular flexibility index (Phi) is 5.62. The molecule has 0 saturated carbocycles. The Bertz CT molecular complexity index is 754. The number of nitrogens with zero attached hydrogens (tertiary/aromatic N) is 1. The van der Waals surface area contributed by atoms with Crippen molar-refractivity contribution in [2.75, 3.05) is 13.2 Å². The van der Waals surface area contributed by atoms with Crippen LogP contribution in [0.2, 0.25) is 0 Å². The first kappa shape index (κ1) is 17.1. The molecule has 0 unspecified atom stereocenters. The normalized spacial score (nSPS) is 10.0. The lowest BCUT2D eigenvalue weighted by Crippen LogP contribution is -2.19. The van der Waals surface area contributed by atoms with Gasteiger partial charge in [-0.05, 0) is 19.1 Å². The predicted octanol–water partition coefficient (Wildman–Crippen LogP) is 2.71. The van der Waals surface area contributed by atoms with Gasteiger partial charge in [0.05, 0.1) is 4.92 Å². The topological polar surface area (TPSA) is 95.7 Å². The Morgan fingerprint density at radius 1 is 1.08 bits per heavy atom. The van der Waals surface area contributed by atoms with Gasteiger partial charge in [-0.3, -0.25) is 14.9 Å². The molecule has 0 aliphatic heterocycles. The minimum atomic E-state index is -0.700. The number of benzene rings is 2. The van der Waals surface area contributed by atoms with Crippen molar-refractivity contribution < 1.29 is 24.0 Å². The van der Waals surface area contributed by atoms with Gasteiger partial charge in [-0.1, -0.05) is 29.8 Å². The SMILES string of the molecule is Cc1ccc(OCC(=O)OCC(=O)c2cccc([N+](=O)[O-])c2)cc1. The molecular formula is C17H15NO6. The van der Waals surface area contributed by atoms with Crippen LogP contribution < -0.4 is 4.74 Å². The summed E-state index contributed by atoms with van der Waals surface area (Å²) < 4.78 is 10.1. The Balaban J connectivity index is 1.82. The van der Waals surface area contributed by atoms with Gasteiger partial charge in [-0.2, -0.15) is 0 Å². The van der Waals surface area contributed by atoms with Crippen LogP contribution in [-0.4, -0.2) is 29.9 Å². The molecule has 0 radical (unpaired) electrons. The Hall–Kier alpha value is -3.22. The Morgan fingerprint density at radius 2 is 1.79 bits per heavy atom. The van der Waals surface area contributed by atoms with E-state index in [9.17, 15) is 19.7 Å². The van der Waals surface area contributed by atoms with Gasteiger partial charge in [0.25, 0.3) is 5.69 Å². The molecule has 0 aliphatic rings. The van der Waals surface area contributed by atoms with Crippen LogP contribution >= 0.6 is 0 Å². The Labute approximate surface area is 138 Å². The molecule has 0 aromatic heterocycles. The van der Waals surface area contributed by atoms with E-state index in [0.29, 0.717) is 5.75 Å². The number of nitro groups is 1. The number of ether oxygens (including phenoxy) is 2.